The molecule has 1 aromatic carbocycles. The molecule has 4 nitrogen and oxygen atoms in total. The highest BCUT2D eigenvalue weighted by molar-refractivity contribution is 5.83. The summed E-state index contributed by atoms with van der Waals surface area (Å²) < 4.78 is 28.1. The predicted octanol–water partition coefficient (Wildman–Crippen LogP) is 1.35. The molecule has 120 valence electrons. The van der Waals surface area contributed by atoms with Crippen LogP contribution in [0.15, 0.2) is 30.3 Å². The van der Waals surface area contributed by atoms with E-state index in [0.29, 0.717) is 18.7 Å². The van der Waals surface area contributed by atoms with E-state index in [1.165, 1.54) is 0 Å². The molecule has 6 heteroatoms. The molecule has 1 saturated carbocycles. The summed E-state index contributed by atoms with van der Waals surface area (Å²) in [5.41, 5.74) is 4.36. The maximum Gasteiger partial charge on any atom is 0.260 e. The van der Waals surface area contributed by atoms with Crippen LogP contribution < -0.4 is 5.73 Å². The second kappa shape index (κ2) is 5.28. The van der Waals surface area contributed by atoms with E-state index < -0.39 is 29.3 Å². The van der Waals surface area contributed by atoms with Crippen LogP contribution in [0.2, 0.25) is 0 Å². The molecule has 22 heavy (non-hydrogen) atoms. The third kappa shape index (κ3) is 2.61. The number of nitrogens with zero attached hydrogens (tertiary/aromatic N) is 1. The third-order valence-electron chi connectivity index (χ3n) is 4.96. The van der Waals surface area contributed by atoms with Gasteiger partial charge in [0.1, 0.15) is 5.60 Å². The molecule has 1 aliphatic heterocycles. The zero-order valence-corrected chi connectivity index (χ0v) is 12.2. The van der Waals surface area contributed by atoms with Crippen LogP contribution in [-0.2, 0) is 4.79 Å². The third-order valence-corrected chi connectivity index (χ3v) is 4.96. The molecular formula is C16H20F2N2O2. The van der Waals surface area contributed by atoms with Crippen molar-refractivity contribution >= 4 is 5.91 Å². The molecule has 0 bridgehead atoms. The summed E-state index contributed by atoms with van der Waals surface area (Å²) in [7, 11) is 0. The van der Waals surface area contributed by atoms with Gasteiger partial charge in [0.25, 0.3) is 5.92 Å². The monoisotopic (exact) mass is 310 g/mol. The molecule has 3 rings (SSSR count). The lowest BCUT2D eigenvalue weighted by Crippen LogP contribution is -2.52. The number of nitrogens with two attached hydrogens (primary N) is 1. The van der Waals surface area contributed by atoms with Crippen molar-refractivity contribution in [2.45, 2.75) is 30.3 Å². The summed E-state index contributed by atoms with van der Waals surface area (Å²) in [5.74, 6) is -4.84. The molecule has 1 amide bonds. The molecule has 1 heterocycles. The number of alkyl halides is 2. The van der Waals surface area contributed by atoms with Crippen LogP contribution in [0.1, 0.15) is 24.3 Å². The second-order valence-electron chi connectivity index (χ2n) is 6.37. The van der Waals surface area contributed by atoms with Gasteiger partial charge in [0.15, 0.2) is 0 Å². The first-order valence-electron chi connectivity index (χ1n) is 7.52. The SMILES string of the molecule is NC(=O)C1(O)CCN(C[C@@H]2[C@@H](c3ccccc3)C2(F)F)CC1. The average Bonchev–Trinajstić information content (AvgIpc) is 3.03. The lowest BCUT2D eigenvalue weighted by molar-refractivity contribution is -0.141. The van der Waals surface area contributed by atoms with Gasteiger partial charge in [-0.2, -0.15) is 0 Å². The minimum atomic E-state index is -2.68. The van der Waals surface area contributed by atoms with Gasteiger partial charge in [0.2, 0.25) is 5.91 Å². The molecule has 1 aromatic rings. The first-order valence-corrected chi connectivity index (χ1v) is 7.52. The van der Waals surface area contributed by atoms with Crippen molar-refractivity contribution in [2.24, 2.45) is 11.7 Å². The van der Waals surface area contributed by atoms with Crippen LogP contribution in [0.25, 0.3) is 0 Å². The van der Waals surface area contributed by atoms with Crippen LogP contribution in [0.4, 0.5) is 8.78 Å². The number of hydrogen-bond acceptors (Lipinski definition) is 3. The van der Waals surface area contributed by atoms with Crippen molar-refractivity contribution in [3.63, 3.8) is 0 Å². The van der Waals surface area contributed by atoms with Crippen LogP contribution in [0.3, 0.4) is 0 Å². The van der Waals surface area contributed by atoms with Gasteiger partial charge in [0.05, 0.1) is 5.92 Å². The van der Waals surface area contributed by atoms with Gasteiger partial charge in [-0.25, -0.2) is 8.78 Å². The number of carbonyl (C=O) groups excluding carboxylic acids is 1. The molecule has 2 fully saturated rings. The van der Waals surface area contributed by atoms with E-state index in [2.05, 4.69) is 0 Å². The minimum Gasteiger partial charge on any atom is -0.380 e. The summed E-state index contributed by atoms with van der Waals surface area (Å²) in [5, 5.41) is 10.00. The number of benzene rings is 1. The zero-order valence-electron chi connectivity index (χ0n) is 12.2. The van der Waals surface area contributed by atoms with Gasteiger partial charge >= 0.3 is 0 Å². The van der Waals surface area contributed by atoms with E-state index in [0.717, 1.165) is 0 Å². The number of aliphatic hydroxyl groups is 1. The van der Waals surface area contributed by atoms with Gasteiger partial charge < -0.3 is 15.7 Å². The van der Waals surface area contributed by atoms with E-state index >= 15 is 0 Å². The Morgan fingerprint density at radius 2 is 1.86 bits per heavy atom. The Labute approximate surface area is 127 Å². The standard InChI is InChI=1S/C16H20F2N2O2/c17-16(18)12(13(16)11-4-2-1-3-5-11)10-20-8-6-15(22,7-9-20)14(19)21/h1-5,12-13,22H,6-10H2,(H2,19,21)/t12-,13-/m1/s1. The van der Waals surface area contributed by atoms with Crippen molar-refractivity contribution in [1.29, 1.82) is 0 Å². The Hall–Kier alpha value is -1.53. The fraction of sp³-hybridized carbons (Fsp3) is 0.562. The van der Waals surface area contributed by atoms with E-state index in [9.17, 15) is 18.7 Å². The van der Waals surface area contributed by atoms with Crippen LogP contribution in [0.5, 0.6) is 0 Å². The molecule has 0 aromatic heterocycles. The number of primary amides is 1. The van der Waals surface area contributed by atoms with Gasteiger partial charge in [-0.1, -0.05) is 30.3 Å². The predicted molar refractivity (Wildman–Crippen MR) is 77.4 cm³/mol. The molecular weight excluding hydrogens is 290 g/mol. The van der Waals surface area contributed by atoms with Crippen LogP contribution >= 0.6 is 0 Å². The molecule has 0 unspecified atom stereocenters. The van der Waals surface area contributed by atoms with Crippen molar-refractivity contribution < 1.29 is 18.7 Å². The summed E-state index contributed by atoms with van der Waals surface area (Å²) in [6.07, 6.45) is 0.410. The summed E-state index contributed by atoms with van der Waals surface area (Å²) in [6.45, 7) is 1.10. The Kier molecular flexibility index (Phi) is 3.69. The first kappa shape index (κ1) is 15.4. The molecule has 2 atom stereocenters. The van der Waals surface area contributed by atoms with Crippen molar-refractivity contribution in [2.75, 3.05) is 19.6 Å². The normalized spacial score (nSPS) is 30.0. The Morgan fingerprint density at radius 1 is 1.27 bits per heavy atom. The number of hydrogen-bond donors (Lipinski definition) is 2. The number of rotatable bonds is 4. The minimum absolute atomic E-state index is 0.205. The highest BCUT2D eigenvalue weighted by Crippen LogP contribution is 2.61. The van der Waals surface area contributed by atoms with Gasteiger partial charge in [-0.15, -0.1) is 0 Å². The van der Waals surface area contributed by atoms with Crippen LogP contribution in [0, 0.1) is 5.92 Å². The van der Waals surface area contributed by atoms with Gasteiger partial charge in [0, 0.05) is 25.6 Å². The lowest BCUT2D eigenvalue weighted by Gasteiger charge is -2.36. The number of piperidine rings is 1. The summed E-state index contributed by atoms with van der Waals surface area (Å²) in [4.78, 5) is 13.1. The van der Waals surface area contributed by atoms with E-state index in [-0.39, 0.29) is 19.4 Å². The molecule has 0 radical (unpaired) electrons. The van der Waals surface area contributed by atoms with E-state index in [4.69, 9.17) is 5.73 Å². The second-order valence-corrected chi connectivity index (χ2v) is 6.37. The Balaban J connectivity index is 1.60. The molecule has 2 aliphatic rings. The largest absolute Gasteiger partial charge is 0.380 e. The average molecular weight is 310 g/mol. The maximum atomic E-state index is 14.0. The number of likely N-dealkylation sites (tertiary alicyclic amines) is 1. The molecule has 1 saturated heterocycles. The fourth-order valence-electron chi connectivity index (χ4n) is 3.36. The van der Waals surface area contributed by atoms with E-state index in [1.807, 2.05) is 11.0 Å². The molecule has 0 spiro atoms. The number of carbonyl (C=O) groups is 1. The highest BCUT2D eigenvalue weighted by atomic mass is 19.3. The zero-order chi connectivity index (χ0) is 16.0. The van der Waals surface area contributed by atoms with E-state index in [1.54, 1.807) is 24.3 Å². The van der Waals surface area contributed by atoms with Crippen molar-refractivity contribution in [3.8, 4) is 0 Å². The topological polar surface area (TPSA) is 66.6 Å². The van der Waals surface area contributed by atoms with Crippen molar-refractivity contribution in [3.05, 3.63) is 35.9 Å². The highest BCUT2D eigenvalue weighted by Gasteiger charge is 2.68. The van der Waals surface area contributed by atoms with Gasteiger partial charge in [-0.3, -0.25) is 4.79 Å². The molecule has 3 N–H and O–H groups in total. The first-order chi connectivity index (χ1) is 10.3. The smallest absolute Gasteiger partial charge is 0.260 e. The van der Waals surface area contributed by atoms with Crippen molar-refractivity contribution in [1.82, 2.24) is 4.90 Å². The summed E-state index contributed by atoms with van der Waals surface area (Å²) >= 11 is 0. The Morgan fingerprint density at radius 3 is 2.41 bits per heavy atom. The lowest BCUT2D eigenvalue weighted by atomic mass is 9.90. The summed E-state index contributed by atoms with van der Waals surface area (Å²) in [6, 6.07) is 8.83. The Bertz CT molecular complexity index is 557. The maximum absolute atomic E-state index is 14.0. The number of halogens is 2. The quantitative estimate of drug-likeness (QED) is 0.882. The van der Waals surface area contributed by atoms with Crippen LogP contribution in [-0.4, -0.2) is 47.1 Å². The van der Waals surface area contributed by atoms with Gasteiger partial charge in [-0.05, 0) is 18.4 Å². The number of amides is 1. The molecule has 1 aliphatic carbocycles. The fourth-order valence-corrected chi connectivity index (χ4v) is 3.36.